The smallest absolute Gasteiger partial charge is 0.339 e. The lowest BCUT2D eigenvalue weighted by molar-refractivity contribution is -0.393. The summed E-state index contributed by atoms with van der Waals surface area (Å²) in [6.45, 7) is 1.09. The van der Waals surface area contributed by atoms with Crippen molar-refractivity contribution in [2.24, 2.45) is 0 Å². The van der Waals surface area contributed by atoms with Gasteiger partial charge in [0.25, 0.3) is 11.4 Å². The third-order valence-electron chi connectivity index (χ3n) is 3.13. The first-order chi connectivity index (χ1) is 12.2. The zero-order valence-electron chi connectivity index (χ0n) is 13.2. The molecule has 0 aromatic heterocycles. The maximum absolute atomic E-state index is 11.2. The summed E-state index contributed by atoms with van der Waals surface area (Å²) in [7, 11) is 0. The van der Waals surface area contributed by atoms with Gasteiger partial charge < -0.3 is 15.2 Å². The van der Waals surface area contributed by atoms with Crippen molar-refractivity contribution in [3.05, 3.63) is 62.2 Å². The number of nitro benzene ring substituents is 2. The van der Waals surface area contributed by atoms with E-state index < -0.39 is 33.2 Å². The van der Waals surface area contributed by atoms with Gasteiger partial charge in [-0.05, 0) is 18.2 Å². The molecule has 0 spiro atoms. The van der Waals surface area contributed by atoms with Gasteiger partial charge in [-0.3, -0.25) is 25.0 Å². The average Bonchev–Trinajstić information content (AvgIpc) is 2.54. The number of carboxylic acid groups (broad SMARTS) is 1. The number of hydrogen-bond acceptors (Lipinski definition) is 8. The highest BCUT2D eigenvalue weighted by Crippen LogP contribution is 2.33. The number of hydrogen-bond donors (Lipinski definition) is 2. The van der Waals surface area contributed by atoms with Crippen molar-refractivity contribution in [3.63, 3.8) is 0 Å². The van der Waals surface area contributed by atoms with Crippen LogP contribution in [0.2, 0.25) is 0 Å². The molecule has 0 saturated heterocycles. The molecule has 11 heteroatoms. The molecule has 2 rings (SSSR count). The maximum Gasteiger partial charge on any atom is 0.339 e. The van der Waals surface area contributed by atoms with Crippen molar-refractivity contribution in [1.29, 1.82) is 0 Å². The summed E-state index contributed by atoms with van der Waals surface area (Å²) in [6, 6.07) is 6.65. The van der Waals surface area contributed by atoms with Gasteiger partial charge in [-0.2, -0.15) is 0 Å². The predicted octanol–water partition coefficient (Wildman–Crippen LogP) is 2.87. The van der Waals surface area contributed by atoms with Crippen LogP contribution in [0.15, 0.2) is 36.4 Å². The highest BCUT2D eigenvalue weighted by atomic mass is 16.6. The minimum Gasteiger partial charge on any atom is -0.478 e. The number of carbonyl (C=O) groups excluding carboxylic acids is 1. The number of nitro groups is 2. The number of esters is 1. The number of non-ortho nitro benzene ring substituents is 1. The molecule has 2 aromatic rings. The van der Waals surface area contributed by atoms with E-state index in [0.717, 1.165) is 31.2 Å². The van der Waals surface area contributed by atoms with Crippen molar-refractivity contribution in [3.8, 4) is 5.75 Å². The van der Waals surface area contributed by atoms with Gasteiger partial charge in [-0.15, -0.1) is 0 Å². The summed E-state index contributed by atoms with van der Waals surface area (Å²) < 4.78 is 4.83. The maximum atomic E-state index is 11.2. The number of anilines is 2. The molecule has 0 unspecified atom stereocenters. The third-order valence-corrected chi connectivity index (χ3v) is 3.13. The van der Waals surface area contributed by atoms with Gasteiger partial charge in [0.1, 0.15) is 17.0 Å². The van der Waals surface area contributed by atoms with E-state index in [4.69, 9.17) is 9.84 Å². The van der Waals surface area contributed by atoms with Crippen molar-refractivity contribution in [1.82, 2.24) is 0 Å². The number of aromatic carboxylic acids is 1. The highest BCUT2D eigenvalue weighted by Gasteiger charge is 2.20. The number of rotatable bonds is 6. The molecule has 0 radical (unpaired) electrons. The van der Waals surface area contributed by atoms with E-state index in [9.17, 15) is 29.8 Å². The number of nitrogens with one attached hydrogen (secondary N) is 1. The van der Waals surface area contributed by atoms with Crippen LogP contribution >= 0.6 is 0 Å². The Labute approximate surface area is 145 Å². The topological polar surface area (TPSA) is 162 Å². The van der Waals surface area contributed by atoms with Crippen LogP contribution in [0.25, 0.3) is 0 Å². The van der Waals surface area contributed by atoms with E-state index in [0.29, 0.717) is 0 Å². The van der Waals surface area contributed by atoms with E-state index in [-0.39, 0.29) is 22.7 Å². The molecule has 0 heterocycles. The van der Waals surface area contributed by atoms with Crippen molar-refractivity contribution in [2.75, 3.05) is 5.32 Å². The van der Waals surface area contributed by atoms with Crippen LogP contribution in [-0.2, 0) is 4.79 Å². The zero-order chi connectivity index (χ0) is 19.4. The largest absolute Gasteiger partial charge is 0.478 e. The van der Waals surface area contributed by atoms with Crippen LogP contribution in [-0.4, -0.2) is 26.9 Å². The van der Waals surface area contributed by atoms with Gasteiger partial charge in [0.2, 0.25) is 0 Å². The summed E-state index contributed by atoms with van der Waals surface area (Å²) >= 11 is 0. The van der Waals surface area contributed by atoms with E-state index in [1.54, 1.807) is 0 Å². The van der Waals surface area contributed by atoms with Crippen LogP contribution in [0.4, 0.5) is 22.7 Å². The Morgan fingerprint density at radius 2 is 1.77 bits per heavy atom. The number of carboxylic acids is 1. The van der Waals surface area contributed by atoms with Crippen LogP contribution in [0, 0.1) is 20.2 Å². The number of carbonyl (C=O) groups is 2. The van der Waals surface area contributed by atoms with Crippen molar-refractivity contribution < 1.29 is 29.3 Å². The molecule has 0 saturated carbocycles. The lowest BCUT2D eigenvalue weighted by Gasteiger charge is -2.11. The second kappa shape index (κ2) is 7.25. The monoisotopic (exact) mass is 361 g/mol. The van der Waals surface area contributed by atoms with Crippen LogP contribution < -0.4 is 10.1 Å². The molecule has 0 aliphatic heterocycles. The number of ether oxygens (including phenoxy) is 1. The summed E-state index contributed by atoms with van der Waals surface area (Å²) in [6.07, 6.45) is 0. The minimum absolute atomic E-state index is 0.0579. The molecule has 11 nitrogen and oxygen atoms in total. The standard InChI is InChI=1S/C15H11N3O8/c1-8(19)26-14-6-9(2-4-11(14)15(20)21)16-12-5-3-10(17(22)23)7-13(12)18(24)25/h2-7,16H,1H3,(H,20,21). The fourth-order valence-electron chi connectivity index (χ4n) is 2.06. The van der Waals surface area contributed by atoms with Crippen LogP contribution in [0.5, 0.6) is 5.75 Å². The lowest BCUT2D eigenvalue weighted by atomic mass is 10.1. The fraction of sp³-hybridized carbons (Fsp3) is 0.0667. The summed E-state index contributed by atoms with van der Waals surface area (Å²) in [5, 5.41) is 33.6. The minimum atomic E-state index is -1.32. The first-order valence-electron chi connectivity index (χ1n) is 6.94. The normalized spacial score (nSPS) is 10.0. The zero-order valence-corrected chi connectivity index (χ0v) is 13.2. The van der Waals surface area contributed by atoms with E-state index in [2.05, 4.69) is 5.32 Å². The van der Waals surface area contributed by atoms with E-state index >= 15 is 0 Å². The Morgan fingerprint density at radius 1 is 1.08 bits per heavy atom. The van der Waals surface area contributed by atoms with Crippen molar-refractivity contribution in [2.45, 2.75) is 6.92 Å². The number of benzene rings is 2. The SMILES string of the molecule is CC(=O)Oc1cc(Nc2ccc([N+](=O)[O-])cc2[N+](=O)[O-])ccc1C(=O)O. The molecule has 2 aromatic carbocycles. The third kappa shape index (κ3) is 4.08. The van der Waals surface area contributed by atoms with Gasteiger partial charge >= 0.3 is 11.9 Å². The molecule has 2 N–H and O–H groups in total. The number of nitrogens with zero attached hydrogens (tertiary/aromatic N) is 2. The Bertz CT molecular complexity index is 925. The molecule has 0 bridgehead atoms. The van der Waals surface area contributed by atoms with Gasteiger partial charge in [-0.1, -0.05) is 0 Å². The first kappa shape index (κ1) is 18.3. The summed E-state index contributed by atoms with van der Waals surface area (Å²) in [5.74, 6) is -2.32. The van der Waals surface area contributed by atoms with Crippen molar-refractivity contribution >= 4 is 34.7 Å². The highest BCUT2D eigenvalue weighted by molar-refractivity contribution is 5.93. The molecular weight excluding hydrogens is 350 g/mol. The van der Waals surface area contributed by atoms with Gasteiger partial charge in [0.15, 0.2) is 0 Å². The molecule has 134 valence electrons. The summed E-state index contributed by atoms with van der Waals surface area (Å²) in [5.41, 5.74) is -1.15. The Morgan fingerprint density at radius 3 is 2.31 bits per heavy atom. The molecular formula is C15H11N3O8. The van der Waals surface area contributed by atoms with Gasteiger partial charge in [0, 0.05) is 24.7 Å². The predicted molar refractivity (Wildman–Crippen MR) is 87.7 cm³/mol. The van der Waals surface area contributed by atoms with Crippen LogP contribution in [0.3, 0.4) is 0 Å². The Hall–Kier alpha value is -4.02. The molecule has 0 aliphatic carbocycles. The first-order valence-corrected chi connectivity index (χ1v) is 6.94. The molecule has 0 aliphatic rings. The van der Waals surface area contributed by atoms with E-state index in [1.807, 2.05) is 0 Å². The van der Waals surface area contributed by atoms with Gasteiger partial charge in [-0.25, -0.2) is 4.79 Å². The van der Waals surface area contributed by atoms with Gasteiger partial charge in [0.05, 0.1) is 15.9 Å². The second-order valence-electron chi connectivity index (χ2n) is 4.95. The Balaban J connectivity index is 2.45. The fourth-order valence-corrected chi connectivity index (χ4v) is 2.06. The quantitative estimate of drug-likeness (QED) is 0.341. The average molecular weight is 361 g/mol. The molecule has 0 atom stereocenters. The summed E-state index contributed by atoms with van der Waals surface area (Å²) in [4.78, 5) is 42.6. The van der Waals surface area contributed by atoms with E-state index in [1.165, 1.54) is 12.1 Å². The molecule has 0 fully saturated rings. The Kier molecular flexibility index (Phi) is 5.11. The van der Waals surface area contributed by atoms with Crippen LogP contribution in [0.1, 0.15) is 17.3 Å². The molecule has 26 heavy (non-hydrogen) atoms. The second-order valence-corrected chi connectivity index (χ2v) is 4.95. The molecule has 0 amide bonds. The lowest BCUT2D eigenvalue weighted by Crippen LogP contribution is -2.08.